The summed E-state index contributed by atoms with van der Waals surface area (Å²) in [4.78, 5) is 0. The van der Waals surface area contributed by atoms with Crippen LogP contribution in [0.15, 0.2) is 0 Å². The summed E-state index contributed by atoms with van der Waals surface area (Å²) in [6, 6.07) is 0. The van der Waals surface area contributed by atoms with Crippen LogP contribution in [0.4, 0.5) is 0 Å². The van der Waals surface area contributed by atoms with E-state index in [-0.39, 0.29) is 18.3 Å². The molecule has 0 aromatic heterocycles. The normalized spacial score (nSPS) is 40.3. The molecule has 0 spiro atoms. The van der Waals surface area contributed by atoms with Gasteiger partial charge in [-0.2, -0.15) is 0 Å². The van der Waals surface area contributed by atoms with Gasteiger partial charge in [0.05, 0.1) is 0 Å². The van der Waals surface area contributed by atoms with Gasteiger partial charge in [-0.05, 0) is 80.1 Å². The standard InChI is InChI=1S/C18H36O6Si3/c1-13(2)19-25(16-7-8-16)22-26(17-9-10-17,20-14(3)4)24-27(23-25,18-11-12-18)21-15(5)6/h13-18H,7-12H2,1-6H3. The van der Waals surface area contributed by atoms with Crippen LogP contribution in [0, 0.1) is 0 Å². The van der Waals surface area contributed by atoms with Crippen molar-refractivity contribution in [3.63, 3.8) is 0 Å². The van der Waals surface area contributed by atoms with Crippen molar-refractivity contribution in [2.24, 2.45) is 0 Å². The van der Waals surface area contributed by atoms with Gasteiger partial charge in [-0.15, -0.1) is 0 Å². The molecule has 6 nitrogen and oxygen atoms in total. The Morgan fingerprint density at radius 2 is 0.741 bits per heavy atom. The summed E-state index contributed by atoms with van der Waals surface area (Å²) in [5, 5.41) is 0. The Labute approximate surface area is 167 Å². The first-order valence-electron chi connectivity index (χ1n) is 10.8. The lowest BCUT2D eigenvalue weighted by molar-refractivity contribution is -0.0162. The average molecular weight is 433 g/mol. The van der Waals surface area contributed by atoms with Gasteiger partial charge < -0.3 is 25.6 Å². The van der Waals surface area contributed by atoms with Gasteiger partial charge in [0.25, 0.3) is 0 Å². The lowest BCUT2D eigenvalue weighted by Gasteiger charge is -2.52. The number of hydrogen-bond acceptors (Lipinski definition) is 6. The van der Waals surface area contributed by atoms with E-state index in [0.29, 0.717) is 16.6 Å². The summed E-state index contributed by atoms with van der Waals surface area (Å²) in [7, 11) is -8.74. The molecule has 1 aliphatic heterocycles. The second-order valence-electron chi connectivity index (χ2n) is 9.44. The van der Waals surface area contributed by atoms with Crippen molar-refractivity contribution >= 4 is 26.4 Å². The van der Waals surface area contributed by atoms with Crippen molar-refractivity contribution in [2.45, 2.75) is 115 Å². The molecule has 27 heavy (non-hydrogen) atoms. The summed E-state index contributed by atoms with van der Waals surface area (Å²) in [5.74, 6) is 0. The number of rotatable bonds is 9. The molecule has 0 unspecified atom stereocenters. The Balaban J connectivity index is 1.75. The zero-order valence-corrected chi connectivity index (χ0v) is 20.7. The highest BCUT2D eigenvalue weighted by molar-refractivity contribution is 6.91. The Kier molecular flexibility index (Phi) is 5.57. The van der Waals surface area contributed by atoms with Crippen LogP contribution in [-0.2, 0) is 25.6 Å². The molecule has 0 atom stereocenters. The van der Waals surface area contributed by atoms with E-state index in [1.165, 1.54) is 0 Å². The third-order valence-corrected chi connectivity index (χ3v) is 19.2. The molecule has 3 aliphatic carbocycles. The van der Waals surface area contributed by atoms with Crippen molar-refractivity contribution in [3.8, 4) is 0 Å². The molecule has 1 heterocycles. The Morgan fingerprint density at radius 3 is 0.889 bits per heavy atom. The minimum absolute atomic E-state index is 0.0604. The van der Waals surface area contributed by atoms with Crippen molar-refractivity contribution < 1.29 is 25.6 Å². The first kappa shape index (κ1) is 20.7. The highest BCUT2D eigenvalue weighted by Crippen LogP contribution is 2.61. The molecule has 0 amide bonds. The smallest absolute Gasteiger partial charge is 0.372 e. The molecular formula is C18H36O6Si3. The van der Waals surface area contributed by atoms with Gasteiger partial charge in [0.15, 0.2) is 0 Å². The molecule has 1 saturated heterocycles. The van der Waals surface area contributed by atoms with E-state index in [1.54, 1.807) is 0 Å². The van der Waals surface area contributed by atoms with Crippen molar-refractivity contribution in [1.82, 2.24) is 0 Å². The van der Waals surface area contributed by atoms with Gasteiger partial charge >= 0.3 is 26.4 Å². The quantitative estimate of drug-likeness (QED) is 0.495. The first-order valence-corrected chi connectivity index (χ1v) is 16.2. The van der Waals surface area contributed by atoms with Crippen LogP contribution in [0.1, 0.15) is 80.1 Å². The lowest BCUT2D eigenvalue weighted by Crippen LogP contribution is -2.75. The summed E-state index contributed by atoms with van der Waals surface area (Å²) >= 11 is 0. The van der Waals surface area contributed by atoms with Crippen molar-refractivity contribution in [3.05, 3.63) is 0 Å². The molecular weight excluding hydrogens is 396 g/mol. The summed E-state index contributed by atoms with van der Waals surface area (Å²) < 4.78 is 40.3. The van der Waals surface area contributed by atoms with Crippen LogP contribution in [0.3, 0.4) is 0 Å². The summed E-state index contributed by atoms with van der Waals surface area (Å²) in [6.45, 7) is 12.5. The second-order valence-corrected chi connectivity index (χ2v) is 18.7. The average Bonchev–Trinajstić information content (AvgIpc) is 3.37. The highest BCUT2D eigenvalue weighted by atomic mass is 28.5. The monoisotopic (exact) mass is 432 g/mol. The third kappa shape index (κ3) is 4.31. The zero-order chi connectivity index (χ0) is 19.4. The van der Waals surface area contributed by atoms with Crippen LogP contribution in [0.25, 0.3) is 0 Å². The van der Waals surface area contributed by atoms with Gasteiger partial charge in [0, 0.05) is 34.9 Å². The maximum atomic E-state index is 6.89. The fourth-order valence-electron chi connectivity index (χ4n) is 3.89. The molecule has 0 radical (unpaired) electrons. The first-order chi connectivity index (χ1) is 12.7. The molecule has 4 rings (SSSR count). The molecule has 4 fully saturated rings. The van der Waals surface area contributed by atoms with Crippen LogP contribution < -0.4 is 0 Å². The largest absolute Gasteiger partial charge is 0.489 e. The van der Waals surface area contributed by atoms with E-state index in [2.05, 4.69) is 41.5 Å². The minimum Gasteiger partial charge on any atom is -0.372 e. The minimum atomic E-state index is -2.91. The van der Waals surface area contributed by atoms with E-state index in [0.717, 1.165) is 38.5 Å². The fourth-order valence-corrected chi connectivity index (χ4v) is 20.6. The SMILES string of the molecule is CC(C)O[Si]1(C2CC2)O[Si](OC(C)C)(C2CC2)O[Si](OC(C)C)(C2CC2)O1. The summed E-state index contributed by atoms with van der Waals surface area (Å²) in [6.07, 6.45) is 6.89. The molecule has 0 aromatic carbocycles. The van der Waals surface area contributed by atoms with E-state index >= 15 is 0 Å². The molecule has 0 aromatic rings. The molecule has 156 valence electrons. The van der Waals surface area contributed by atoms with E-state index in [9.17, 15) is 0 Å². The van der Waals surface area contributed by atoms with Crippen LogP contribution in [0.2, 0.25) is 16.6 Å². The molecule has 4 aliphatic rings. The topological polar surface area (TPSA) is 55.4 Å². The predicted octanol–water partition coefficient (Wildman–Crippen LogP) is 4.63. The number of hydrogen-bond donors (Lipinski definition) is 0. The maximum Gasteiger partial charge on any atom is 0.489 e. The van der Waals surface area contributed by atoms with Gasteiger partial charge in [0.2, 0.25) is 0 Å². The van der Waals surface area contributed by atoms with Gasteiger partial charge in [-0.1, -0.05) is 0 Å². The fraction of sp³-hybridized carbons (Fsp3) is 1.00. The molecule has 0 bridgehead atoms. The second kappa shape index (κ2) is 7.28. The predicted molar refractivity (Wildman–Crippen MR) is 108 cm³/mol. The van der Waals surface area contributed by atoms with Gasteiger partial charge in [0.1, 0.15) is 0 Å². The molecule has 0 N–H and O–H groups in total. The zero-order valence-electron chi connectivity index (χ0n) is 17.7. The summed E-state index contributed by atoms with van der Waals surface area (Å²) in [5.41, 5.74) is 1.14. The van der Waals surface area contributed by atoms with Gasteiger partial charge in [-0.25, -0.2) is 0 Å². The highest BCUT2D eigenvalue weighted by Gasteiger charge is 2.78. The van der Waals surface area contributed by atoms with Crippen LogP contribution in [0.5, 0.6) is 0 Å². The Bertz CT molecular complexity index is 463. The Hall–Kier alpha value is 0.411. The van der Waals surface area contributed by atoms with Crippen molar-refractivity contribution in [2.75, 3.05) is 0 Å². The molecule has 3 saturated carbocycles. The van der Waals surface area contributed by atoms with E-state index in [4.69, 9.17) is 25.6 Å². The maximum absolute atomic E-state index is 6.89. The van der Waals surface area contributed by atoms with Crippen LogP contribution >= 0.6 is 0 Å². The van der Waals surface area contributed by atoms with Crippen LogP contribution in [-0.4, -0.2) is 44.7 Å². The van der Waals surface area contributed by atoms with E-state index < -0.39 is 26.4 Å². The van der Waals surface area contributed by atoms with Gasteiger partial charge in [-0.3, -0.25) is 0 Å². The third-order valence-electron chi connectivity index (χ3n) is 5.29. The molecule has 9 heteroatoms. The lowest BCUT2D eigenvalue weighted by atomic mass is 10.5. The Morgan fingerprint density at radius 1 is 0.519 bits per heavy atom. The van der Waals surface area contributed by atoms with E-state index in [1.807, 2.05) is 0 Å². The van der Waals surface area contributed by atoms with Crippen molar-refractivity contribution in [1.29, 1.82) is 0 Å².